The third-order valence-electron chi connectivity index (χ3n) is 3.68. The summed E-state index contributed by atoms with van der Waals surface area (Å²) in [6.07, 6.45) is 5.32. The standard InChI is InChI=1S/C15H23NO4S/c17-21(18,19)12-15(20-14-9-5-2-6-10-14)11-16-13-7-3-1-4-8-13/h2,5-6,9-10,13,15-16H,1,3-4,7-8,11-12H2,(H,17,18,19). The molecule has 0 aliphatic heterocycles. The van der Waals surface area contributed by atoms with Crippen molar-refractivity contribution in [2.45, 2.75) is 44.2 Å². The molecule has 1 fully saturated rings. The van der Waals surface area contributed by atoms with Crippen LogP contribution in [0.5, 0.6) is 5.75 Å². The summed E-state index contributed by atoms with van der Waals surface area (Å²) in [7, 11) is -4.06. The molecular weight excluding hydrogens is 290 g/mol. The first-order valence-corrected chi connectivity index (χ1v) is 9.04. The summed E-state index contributed by atoms with van der Waals surface area (Å²) in [5.74, 6) is 0.207. The number of nitrogens with one attached hydrogen (secondary N) is 1. The molecule has 1 atom stereocenters. The van der Waals surface area contributed by atoms with Crippen LogP contribution in [0.25, 0.3) is 0 Å². The van der Waals surface area contributed by atoms with Crippen LogP contribution in [0, 0.1) is 0 Å². The first kappa shape index (κ1) is 16.3. The van der Waals surface area contributed by atoms with E-state index in [2.05, 4.69) is 5.32 Å². The Morgan fingerprint density at radius 2 is 1.86 bits per heavy atom. The average Bonchev–Trinajstić information content (AvgIpc) is 2.45. The number of ether oxygens (including phenoxy) is 1. The fourth-order valence-electron chi connectivity index (χ4n) is 2.67. The van der Waals surface area contributed by atoms with E-state index in [0.717, 1.165) is 12.8 Å². The molecule has 1 saturated carbocycles. The second-order valence-electron chi connectivity index (χ2n) is 5.54. The van der Waals surface area contributed by atoms with Gasteiger partial charge in [0, 0.05) is 12.6 Å². The molecule has 0 radical (unpaired) electrons. The summed E-state index contributed by atoms with van der Waals surface area (Å²) in [4.78, 5) is 0. The largest absolute Gasteiger partial charge is 0.488 e. The van der Waals surface area contributed by atoms with E-state index in [9.17, 15) is 8.42 Å². The highest BCUT2D eigenvalue weighted by molar-refractivity contribution is 7.85. The van der Waals surface area contributed by atoms with Gasteiger partial charge < -0.3 is 10.1 Å². The van der Waals surface area contributed by atoms with Crippen LogP contribution in [-0.2, 0) is 10.1 Å². The van der Waals surface area contributed by atoms with Crippen LogP contribution in [0.15, 0.2) is 30.3 Å². The SMILES string of the molecule is O=S(=O)(O)CC(CNC1CCCCC1)Oc1ccccc1. The van der Waals surface area contributed by atoms with Gasteiger partial charge in [-0.25, -0.2) is 0 Å². The molecule has 2 N–H and O–H groups in total. The maximum Gasteiger partial charge on any atom is 0.268 e. The van der Waals surface area contributed by atoms with Crippen molar-refractivity contribution in [2.24, 2.45) is 0 Å². The molecule has 0 bridgehead atoms. The molecule has 6 heteroatoms. The smallest absolute Gasteiger partial charge is 0.268 e. The second-order valence-corrected chi connectivity index (χ2v) is 7.04. The Hall–Kier alpha value is -1.11. The minimum atomic E-state index is -4.06. The van der Waals surface area contributed by atoms with Crippen LogP contribution >= 0.6 is 0 Å². The van der Waals surface area contributed by atoms with Gasteiger partial charge in [0.05, 0.1) is 0 Å². The molecule has 1 aliphatic carbocycles. The minimum Gasteiger partial charge on any atom is -0.488 e. The first-order chi connectivity index (χ1) is 10.0. The lowest BCUT2D eigenvalue weighted by atomic mass is 9.95. The van der Waals surface area contributed by atoms with Gasteiger partial charge in [0.2, 0.25) is 0 Å². The number of benzene rings is 1. The molecule has 1 aliphatic rings. The predicted octanol–water partition coefficient (Wildman–Crippen LogP) is 2.24. The van der Waals surface area contributed by atoms with Gasteiger partial charge in [-0.2, -0.15) is 8.42 Å². The monoisotopic (exact) mass is 313 g/mol. The number of hydrogen-bond donors (Lipinski definition) is 2. The summed E-state index contributed by atoms with van der Waals surface area (Å²) in [6, 6.07) is 9.49. The molecule has 0 amide bonds. The highest BCUT2D eigenvalue weighted by Crippen LogP contribution is 2.18. The maximum atomic E-state index is 11.1. The molecule has 1 unspecified atom stereocenters. The molecule has 1 aromatic rings. The van der Waals surface area contributed by atoms with Crippen molar-refractivity contribution < 1.29 is 17.7 Å². The van der Waals surface area contributed by atoms with Crippen LogP contribution in [0.4, 0.5) is 0 Å². The minimum absolute atomic E-state index is 0.401. The van der Waals surface area contributed by atoms with E-state index in [1.54, 1.807) is 12.1 Å². The lowest BCUT2D eigenvalue weighted by Gasteiger charge is -2.26. The van der Waals surface area contributed by atoms with E-state index in [1.807, 2.05) is 18.2 Å². The van der Waals surface area contributed by atoms with Gasteiger partial charge in [-0.05, 0) is 25.0 Å². The summed E-state index contributed by atoms with van der Waals surface area (Å²) >= 11 is 0. The fourth-order valence-corrected chi connectivity index (χ4v) is 3.32. The fraction of sp³-hybridized carbons (Fsp3) is 0.600. The zero-order valence-corrected chi connectivity index (χ0v) is 12.9. The third kappa shape index (κ3) is 6.46. The Labute approximate surface area is 126 Å². The van der Waals surface area contributed by atoms with Gasteiger partial charge in [-0.1, -0.05) is 37.5 Å². The molecule has 21 heavy (non-hydrogen) atoms. The summed E-state index contributed by atoms with van der Waals surface area (Å²) < 4.78 is 37.0. The van der Waals surface area contributed by atoms with Gasteiger partial charge in [0.15, 0.2) is 0 Å². The van der Waals surface area contributed by atoms with Gasteiger partial charge in [-0.15, -0.1) is 0 Å². The van der Waals surface area contributed by atoms with Crippen molar-refractivity contribution in [3.8, 4) is 5.75 Å². The topological polar surface area (TPSA) is 75.6 Å². The highest BCUT2D eigenvalue weighted by Gasteiger charge is 2.21. The Kier molecular flexibility index (Phi) is 6.02. The Morgan fingerprint density at radius 1 is 1.19 bits per heavy atom. The Morgan fingerprint density at radius 3 is 2.48 bits per heavy atom. The van der Waals surface area contributed by atoms with E-state index < -0.39 is 22.0 Å². The molecule has 0 spiro atoms. The molecule has 0 saturated heterocycles. The van der Waals surface area contributed by atoms with Crippen LogP contribution in [0.3, 0.4) is 0 Å². The van der Waals surface area contributed by atoms with Gasteiger partial charge >= 0.3 is 0 Å². The third-order valence-corrected chi connectivity index (χ3v) is 4.47. The van der Waals surface area contributed by atoms with Crippen molar-refractivity contribution in [1.82, 2.24) is 5.32 Å². The molecule has 5 nitrogen and oxygen atoms in total. The quantitative estimate of drug-likeness (QED) is 0.755. The summed E-state index contributed by atoms with van der Waals surface area (Å²) in [6.45, 7) is 0.416. The van der Waals surface area contributed by atoms with Gasteiger partial charge in [0.25, 0.3) is 10.1 Å². The first-order valence-electron chi connectivity index (χ1n) is 7.43. The van der Waals surface area contributed by atoms with E-state index >= 15 is 0 Å². The Bertz CT molecular complexity index is 512. The maximum absolute atomic E-state index is 11.1. The van der Waals surface area contributed by atoms with E-state index in [1.165, 1.54) is 19.3 Å². The van der Waals surface area contributed by atoms with Crippen molar-refractivity contribution in [2.75, 3.05) is 12.3 Å². The summed E-state index contributed by atoms with van der Waals surface area (Å²) in [5.41, 5.74) is 0. The molecule has 1 aromatic carbocycles. The van der Waals surface area contributed by atoms with Crippen LogP contribution in [-0.4, -0.2) is 37.4 Å². The molecular formula is C15H23NO4S. The molecule has 118 valence electrons. The van der Waals surface area contributed by atoms with E-state index in [0.29, 0.717) is 18.3 Å². The van der Waals surface area contributed by atoms with Gasteiger partial charge in [0.1, 0.15) is 17.6 Å². The second kappa shape index (κ2) is 7.77. The van der Waals surface area contributed by atoms with E-state index in [4.69, 9.17) is 9.29 Å². The molecule has 0 heterocycles. The van der Waals surface area contributed by atoms with Crippen LogP contribution in [0.2, 0.25) is 0 Å². The zero-order chi connectivity index (χ0) is 15.1. The average molecular weight is 313 g/mol. The lowest BCUT2D eigenvalue weighted by Crippen LogP contribution is -2.42. The predicted molar refractivity (Wildman–Crippen MR) is 82.1 cm³/mol. The van der Waals surface area contributed by atoms with Gasteiger partial charge in [-0.3, -0.25) is 4.55 Å². The number of rotatable bonds is 7. The highest BCUT2D eigenvalue weighted by atomic mass is 32.2. The van der Waals surface area contributed by atoms with Crippen LogP contribution < -0.4 is 10.1 Å². The zero-order valence-electron chi connectivity index (χ0n) is 12.1. The van der Waals surface area contributed by atoms with Crippen molar-refractivity contribution >= 4 is 10.1 Å². The van der Waals surface area contributed by atoms with Crippen molar-refractivity contribution in [1.29, 1.82) is 0 Å². The van der Waals surface area contributed by atoms with Crippen LogP contribution in [0.1, 0.15) is 32.1 Å². The molecule has 0 aromatic heterocycles. The number of hydrogen-bond acceptors (Lipinski definition) is 4. The van der Waals surface area contributed by atoms with Crippen molar-refractivity contribution in [3.05, 3.63) is 30.3 Å². The Balaban J connectivity index is 1.91. The van der Waals surface area contributed by atoms with Crippen molar-refractivity contribution in [3.63, 3.8) is 0 Å². The van der Waals surface area contributed by atoms with E-state index in [-0.39, 0.29) is 0 Å². The lowest BCUT2D eigenvalue weighted by molar-refractivity contribution is 0.205. The molecule has 2 rings (SSSR count). The number of para-hydroxylation sites is 1. The normalized spacial score (nSPS) is 18.3. The summed E-state index contributed by atoms with van der Waals surface area (Å²) in [5, 5.41) is 3.36.